The van der Waals surface area contributed by atoms with Crippen molar-refractivity contribution in [2.45, 2.75) is 6.42 Å². The van der Waals surface area contributed by atoms with Crippen LogP contribution in [-0.4, -0.2) is 34.3 Å². The Balaban J connectivity index is 1.62. The molecule has 1 aromatic carbocycles. The third kappa shape index (κ3) is 2.33. The summed E-state index contributed by atoms with van der Waals surface area (Å²) in [5.74, 6) is 1.55. The van der Waals surface area contributed by atoms with Crippen molar-refractivity contribution in [1.82, 2.24) is 34.3 Å². The Kier molecular flexibility index (Phi) is 3.03. The van der Waals surface area contributed by atoms with Crippen molar-refractivity contribution in [2.24, 2.45) is 0 Å². The minimum atomic E-state index is 0.630. The molecular formula is C18H13N7. The third-order valence-corrected chi connectivity index (χ3v) is 4.17. The number of fused-ring (bicyclic) bond motifs is 2. The first-order valence-corrected chi connectivity index (χ1v) is 7.91. The van der Waals surface area contributed by atoms with E-state index in [9.17, 15) is 0 Å². The lowest BCUT2D eigenvalue weighted by Crippen LogP contribution is -2.04. The molecule has 0 amide bonds. The summed E-state index contributed by atoms with van der Waals surface area (Å²) in [5.41, 5.74) is 2.84. The van der Waals surface area contributed by atoms with Gasteiger partial charge in [-0.2, -0.15) is 4.52 Å². The quantitative estimate of drug-likeness (QED) is 0.509. The molecule has 5 rings (SSSR count). The molecule has 0 aliphatic carbocycles. The van der Waals surface area contributed by atoms with Crippen LogP contribution < -0.4 is 0 Å². The predicted molar refractivity (Wildman–Crippen MR) is 92.5 cm³/mol. The molecule has 120 valence electrons. The molecule has 0 atom stereocenters. The van der Waals surface area contributed by atoms with E-state index < -0.39 is 0 Å². The van der Waals surface area contributed by atoms with Crippen LogP contribution in [-0.2, 0) is 6.42 Å². The second-order valence-electron chi connectivity index (χ2n) is 5.71. The Morgan fingerprint density at radius 2 is 1.92 bits per heavy atom. The normalized spacial score (nSPS) is 11.4. The summed E-state index contributed by atoms with van der Waals surface area (Å²) in [6.45, 7) is 0. The topological polar surface area (TPSA) is 73.8 Å². The van der Waals surface area contributed by atoms with Gasteiger partial charge in [-0.15, -0.1) is 15.3 Å². The lowest BCUT2D eigenvalue weighted by Gasteiger charge is -2.06. The molecule has 0 aliphatic heterocycles. The van der Waals surface area contributed by atoms with E-state index in [0.29, 0.717) is 6.42 Å². The molecule has 0 fully saturated rings. The summed E-state index contributed by atoms with van der Waals surface area (Å²) in [7, 11) is 0. The Morgan fingerprint density at radius 1 is 0.920 bits per heavy atom. The van der Waals surface area contributed by atoms with Crippen LogP contribution in [0.2, 0.25) is 0 Å². The fourth-order valence-electron chi connectivity index (χ4n) is 2.96. The molecule has 0 unspecified atom stereocenters. The largest absolute Gasteiger partial charge is 0.289 e. The van der Waals surface area contributed by atoms with Crippen molar-refractivity contribution in [3.63, 3.8) is 0 Å². The molecule has 25 heavy (non-hydrogen) atoms. The van der Waals surface area contributed by atoms with Gasteiger partial charge in [0.15, 0.2) is 17.3 Å². The van der Waals surface area contributed by atoms with Crippen molar-refractivity contribution >= 4 is 16.6 Å². The number of hydrogen-bond donors (Lipinski definition) is 0. The molecule has 0 saturated heterocycles. The summed E-state index contributed by atoms with van der Waals surface area (Å²) < 4.78 is 3.63. The van der Waals surface area contributed by atoms with Crippen LogP contribution in [0.15, 0.2) is 67.4 Å². The van der Waals surface area contributed by atoms with Crippen molar-refractivity contribution in [2.75, 3.05) is 0 Å². The monoisotopic (exact) mass is 327 g/mol. The van der Waals surface area contributed by atoms with Crippen LogP contribution in [0, 0.1) is 0 Å². The summed E-state index contributed by atoms with van der Waals surface area (Å²) in [6.07, 6.45) is 7.73. The minimum Gasteiger partial charge on any atom is -0.289 e. The molecule has 0 aliphatic rings. The lowest BCUT2D eigenvalue weighted by atomic mass is 10.1. The van der Waals surface area contributed by atoms with Crippen LogP contribution in [0.3, 0.4) is 0 Å². The van der Waals surface area contributed by atoms with Gasteiger partial charge in [0.25, 0.3) is 0 Å². The van der Waals surface area contributed by atoms with Gasteiger partial charge >= 0.3 is 0 Å². The van der Waals surface area contributed by atoms with Crippen LogP contribution in [0.1, 0.15) is 11.4 Å². The number of pyridine rings is 1. The highest BCUT2D eigenvalue weighted by Gasteiger charge is 2.11. The van der Waals surface area contributed by atoms with Crippen LogP contribution in [0.4, 0.5) is 0 Å². The van der Waals surface area contributed by atoms with E-state index in [-0.39, 0.29) is 0 Å². The van der Waals surface area contributed by atoms with E-state index in [0.717, 1.165) is 33.8 Å². The van der Waals surface area contributed by atoms with Gasteiger partial charge in [-0.3, -0.25) is 9.55 Å². The zero-order chi connectivity index (χ0) is 16.6. The smallest absolute Gasteiger partial charge is 0.178 e. The summed E-state index contributed by atoms with van der Waals surface area (Å²) in [5, 5.41) is 14.3. The fraction of sp³-hybridized carbons (Fsp3) is 0.0556. The van der Waals surface area contributed by atoms with E-state index in [2.05, 4.69) is 37.4 Å². The predicted octanol–water partition coefficient (Wildman–Crippen LogP) is 2.45. The van der Waals surface area contributed by atoms with E-state index >= 15 is 0 Å². The first kappa shape index (κ1) is 13.8. The van der Waals surface area contributed by atoms with Gasteiger partial charge in [0.05, 0.1) is 5.52 Å². The molecule has 4 aromatic heterocycles. The first-order valence-electron chi connectivity index (χ1n) is 7.91. The zero-order valence-electron chi connectivity index (χ0n) is 13.2. The van der Waals surface area contributed by atoms with Gasteiger partial charge in [-0.1, -0.05) is 18.2 Å². The second kappa shape index (κ2) is 5.48. The molecule has 7 nitrogen and oxygen atoms in total. The third-order valence-electron chi connectivity index (χ3n) is 4.17. The molecule has 7 heteroatoms. The number of hydrogen-bond acceptors (Lipinski definition) is 5. The number of benzene rings is 1. The maximum absolute atomic E-state index is 4.65. The van der Waals surface area contributed by atoms with E-state index in [1.54, 1.807) is 23.2 Å². The van der Waals surface area contributed by atoms with Gasteiger partial charge in [0, 0.05) is 30.4 Å². The van der Waals surface area contributed by atoms with Gasteiger partial charge in [0.1, 0.15) is 6.33 Å². The number of nitrogens with zero attached hydrogens (tertiary/aromatic N) is 7. The molecule has 0 saturated carbocycles. The molecule has 5 aromatic rings. The average Bonchev–Trinajstić information content (AvgIpc) is 3.32. The summed E-state index contributed by atoms with van der Waals surface area (Å²) >= 11 is 0. The van der Waals surface area contributed by atoms with Crippen molar-refractivity contribution in [3.05, 3.63) is 78.8 Å². The maximum atomic E-state index is 4.65. The highest BCUT2D eigenvalue weighted by atomic mass is 15.4. The molecule has 0 N–H and O–H groups in total. The number of rotatable bonds is 3. The van der Waals surface area contributed by atoms with Crippen molar-refractivity contribution < 1.29 is 0 Å². The standard InChI is InChI=1S/C18H13N7/c1-3-13(14-4-2-8-20-15(14)5-1)11-18-22-21-16-6-7-17(23-25(16)18)24-10-9-19-12-24/h1-10,12H,11H2. The molecular weight excluding hydrogens is 314 g/mol. The van der Waals surface area contributed by atoms with Crippen LogP contribution in [0.25, 0.3) is 22.4 Å². The highest BCUT2D eigenvalue weighted by Crippen LogP contribution is 2.19. The molecule has 0 radical (unpaired) electrons. The van der Waals surface area contributed by atoms with Crippen molar-refractivity contribution in [1.29, 1.82) is 0 Å². The molecule has 0 bridgehead atoms. The SMILES string of the molecule is c1cc(Cc2nnc3ccc(-n4ccnc4)nn23)c2cccnc2c1. The minimum absolute atomic E-state index is 0.630. The van der Waals surface area contributed by atoms with Crippen LogP contribution >= 0.6 is 0 Å². The fourth-order valence-corrected chi connectivity index (χ4v) is 2.96. The van der Waals surface area contributed by atoms with Gasteiger partial charge < -0.3 is 0 Å². The summed E-state index contributed by atoms with van der Waals surface area (Å²) in [6, 6.07) is 13.9. The van der Waals surface area contributed by atoms with E-state index in [1.165, 1.54) is 0 Å². The van der Waals surface area contributed by atoms with Gasteiger partial charge in [0.2, 0.25) is 0 Å². The first-order chi connectivity index (χ1) is 12.4. The Labute approximate surface area is 142 Å². The Morgan fingerprint density at radius 3 is 2.84 bits per heavy atom. The van der Waals surface area contributed by atoms with Gasteiger partial charge in [-0.25, -0.2) is 4.98 Å². The summed E-state index contributed by atoms with van der Waals surface area (Å²) in [4.78, 5) is 8.48. The maximum Gasteiger partial charge on any atom is 0.178 e. The van der Waals surface area contributed by atoms with Crippen LogP contribution in [0.5, 0.6) is 0 Å². The van der Waals surface area contributed by atoms with E-state index in [1.807, 2.05) is 41.1 Å². The molecule has 4 heterocycles. The second-order valence-corrected chi connectivity index (χ2v) is 5.71. The number of imidazole rings is 1. The Hall–Kier alpha value is -3.61. The Bertz CT molecular complexity index is 1170. The van der Waals surface area contributed by atoms with Crippen molar-refractivity contribution in [3.8, 4) is 5.82 Å². The average molecular weight is 327 g/mol. The van der Waals surface area contributed by atoms with Gasteiger partial charge in [-0.05, 0) is 29.8 Å². The van der Waals surface area contributed by atoms with E-state index in [4.69, 9.17) is 0 Å². The zero-order valence-corrected chi connectivity index (χ0v) is 13.2. The number of aromatic nitrogens is 7. The highest BCUT2D eigenvalue weighted by molar-refractivity contribution is 5.82. The molecule has 0 spiro atoms. The lowest BCUT2D eigenvalue weighted by molar-refractivity contribution is 0.808.